The van der Waals surface area contributed by atoms with E-state index in [9.17, 15) is 18.0 Å². The Hall–Kier alpha value is -4.01. The lowest BCUT2D eigenvalue weighted by Crippen LogP contribution is -2.16. The van der Waals surface area contributed by atoms with Gasteiger partial charge in [-0.3, -0.25) is 4.79 Å². The standard InChI is InChI=1S/C21H14F3N5O/c22-21(23,24)16-7-8-18(29-10-4-9-27-29)17(11-16)28-20(30)15-12-25-19(26-13-15)14-5-2-1-3-6-14/h1-13H,(H,28,30). The summed E-state index contributed by atoms with van der Waals surface area (Å²) in [6, 6.07) is 13.9. The second-order valence-corrected chi connectivity index (χ2v) is 6.30. The summed E-state index contributed by atoms with van der Waals surface area (Å²) in [5.41, 5.74) is 0.264. The number of anilines is 1. The fourth-order valence-corrected chi connectivity index (χ4v) is 2.80. The van der Waals surface area contributed by atoms with E-state index in [1.807, 2.05) is 30.3 Å². The lowest BCUT2D eigenvalue weighted by atomic mass is 10.1. The van der Waals surface area contributed by atoms with Crippen molar-refractivity contribution in [3.8, 4) is 17.1 Å². The van der Waals surface area contributed by atoms with Crippen molar-refractivity contribution >= 4 is 11.6 Å². The van der Waals surface area contributed by atoms with Crippen LogP contribution in [0.3, 0.4) is 0 Å². The largest absolute Gasteiger partial charge is 0.416 e. The van der Waals surface area contributed by atoms with Gasteiger partial charge in [0.25, 0.3) is 5.91 Å². The van der Waals surface area contributed by atoms with Crippen LogP contribution in [0.25, 0.3) is 17.1 Å². The Bertz CT molecular complexity index is 1160. The lowest BCUT2D eigenvalue weighted by Gasteiger charge is -2.14. The average Bonchev–Trinajstić information content (AvgIpc) is 3.28. The van der Waals surface area contributed by atoms with Crippen molar-refractivity contribution < 1.29 is 18.0 Å². The summed E-state index contributed by atoms with van der Waals surface area (Å²) in [6.07, 6.45) is 1.15. The van der Waals surface area contributed by atoms with Gasteiger partial charge in [0.1, 0.15) is 0 Å². The quantitative estimate of drug-likeness (QED) is 0.535. The number of rotatable bonds is 4. The molecule has 0 radical (unpaired) electrons. The third-order valence-corrected chi connectivity index (χ3v) is 4.27. The summed E-state index contributed by atoms with van der Waals surface area (Å²) in [6.45, 7) is 0. The van der Waals surface area contributed by atoms with Gasteiger partial charge in [0.2, 0.25) is 0 Å². The number of aromatic nitrogens is 4. The highest BCUT2D eigenvalue weighted by molar-refractivity contribution is 6.05. The molecule has 2 aromatic carbocycles. The molecule has 4 aromatic rings. The summed E-state index contributed by atoms with van der Waals surface area (Å²) in [4.78, 5) is 21.0. The van der Waals surface area contributed by atoms with Crippen molar-refractivity contribution in [2.24, 2.45) is 0 Å². The summed E-state index contributed by atoms with van der Waals surface area (Å²) in [5, 5.41) is 6.53. The highest BCUT2D eigenvalue weighted by atomic mass is 19.4. The van der Waals surface area contributed by atoms with Gasteiger partial charge in [-0.2, -0.15) is 18.3 Å². The number of hydrogen-bond donors (Lipinski definition) is 1. The molecule has 1 amide bonds. The topological polar surface area (TPSA) is 72.7 Å². The number of nitrogens with zero attached hydrogens (tertiary/aromatic N) is 4. The smallest absolute Gasteiger partial charge is 0.320 e. The highest BCUT2D eigenvalue weighted by Gasteiger charge is 2.31. The molecule has 0 spiro atoms. The average molecular weight is 409 g/mol. The van der Waals surface area contributed by atoms with Gasteiger partial charge < -0.3 is 5.32 Å². The molecule has 0 atom stereocenters. The van der Waals surface area contributed by atoms with Crippen LogP contribution in [0.5, 0.6) is 0 Å². The molecule has 0 bridgehead atoms. The minimum atomic E-state index is -4.55. The Labute approximate surface area is 169 Å². The lowest BCUT2D eigenvalue weighted by molar-refractivity contribution is -0.137. The van der Waals surface area contributed by atoms with Gasteiger partial charge in [0.15, 0.2) is 5.82 Å². The number of halogens is 3. The molecule has 0 aliphatic heterocycles. The molecule has 0 aliphatic carbocycles. The first-order chi connectivity index (χ1) is 14.4. The first-order valence-electron chi connectivity index (χ1n) is 8.82. The third kappa shape index (κ3) is 4.04. The predicted octanol–water partition coefficient (Wildman–Crippen LogP) is 4.60. The predicted molar refractivity (Wildman–Crippen MR) is 104 cm³/mol. The number of carbonyl (C=O) groups is 1. The van der Waals surface area contributed by atoms with E-state index in [0.29, 0.717) is 11.5 Å². The fraction of sp³-hybridized carbons (Fsp3) is 0.0476. The van der Waals surface area contributed by atoms with Gasteiger partial charge >= 0.3 is 6.18 Å². The van der Waals surface area contributed by atoms with Gasteiger partial charge in [-0.15, -0.1) is 0 Å². The van der Waals surface area contributed by atoms with E-state index in [4.69, 9.17) is 0 Å². The first-order valence-corrected chi connectivity index (χ1v) is 8.82. The maximum Gasteiger partial charge on any atom is 0.416 e. The van der Waals surface area contributed by atoms with Crippen molar-refractivity contribution in [2.75, 3.05) is 5.32 Å². The Morgan fingerprint density at radius 1 is 0.967 bits per heavy atom. The Balaban J connectivity index is 1.63. The molecule has 0 saturated carbocycles. The second kappa shape index (κ2) is 7.78. The van der Waals surface area contributed by atoms with Crippen LogP contribution in [0.1, 0.15) is 15.9 Å². The number of carbonyl (C=O) groups excluding carboxylic acids is 1. The molecule has 2 aromatic heterocycles. The number of benzene rings is 2. The molecule has 6 nitrogen and oxygen atoms in total. The monoisotopic (exact) mass is 409 g/mol. The maximum atomic E-state index is 13.2. The third-order valence-electron chi connectivity index (χ3n) is 4.27. The van der Waals surface area contributed by atoms with Gasteiger partial charge in [-0.1, -0.05) is 30.3 Å². The normalized spacial score (nSPS) is 11.3. The van der Waals surface area contributed by atoms with Gasteiger partial charge in [0, 0.05) is 30.4 Å². The van der Waals surface area contributed by atoms with Crippen molar-refractivity contribution in [3.05, 3.63) is 90.5 Å². The molecule has 4 rings (SSSR count). The molecule has 2 heterocycles. The van der Waals surface area contributed by atoms with E-state index in [1.54, 1.807) is 12.3 Å². The Kier molecular flexibility index (Phi) is 5.01. The van der Waals surface area contributed by atoms with E-state index >= 15 is 0 Å². The van der Waals surface area contributed by atoms with Crippen LogP contribution in [0, 0.1) is 0 Å². The number of nitrogens with one attached hydrogen (secondary N) is 1. The van der Waals surface area contributed by atoms with Crippen molar-refractivity contribution in [3.63, 3.8) is 0 Å². The highest BCUT2D eigenvalue weighted by Crippen LogP contribution is 2.33. The van der Waals surface area contributed by atoms with Crippen LogP contribution in [0.2, 0.25) is 0 Å². The van der Waals surface area contributed by atoms with Crippen molar-refractivity contribution in [2.45, 2.75) is 6.18 Å². The van der Waals surface area contributed by atoms with E-state index < -0.39 is 17.6 Å². The van der Waals surface area contributed by atoms with Crippen molar-refractivity contribution in [1.29, 1.82) is 0 Å². The maximum absolute atomic E-state index is 13.2. The van der Waals surface area contributed by atoms with E-state index in [-0.39, 0.29) is 11.3 Å². The molecule has 1 N–H and O–H groups in total. The molecule has 150 valence electrons. The number of amides is 1. The van der Waals surface area contributed by atoms with Gasteiger partial charge in [-0.25, -0.2) is 14.6 Å². The van der Waals surface area contributed by atoms with Crippen LogP contribution in [0.4, 0.5) is 18.9 Å². The zero-order valence-electron chi connectivity index (χ0n) is 15.3. The van der Waals surface area contributed by atoms with E-state index in [1.165, 1.54) is 29.3 Å². The minimum Gasteiger partial charge on any atom is -0.320 e. The summed E-state index contributed by atoms with van der Waals surface area (Å²) in [5.74, 6) is -0.203. The SMILES string of the molecule is O=C(Nc1cc(C(F)(F)F)ccc1-n1cccn1)c1cnc(-c2ccccc2)nc1. The zero-order valence-corrected chi connectivity index (χ0v) is 15.3. The molecule has 30 heavy (non-hydrogen) atoms. The number of hydrogen-bond acceptors (Lipinski definition) is 4. The molecule has 0 fully saturated rings. The van der Waals surface area contributed by atoms with Crippen LogP contribution in [-0.4, -0.2) is 25.7 Å². The van der Waals surface area contributed by atoms with Gasteiger partial charge in [0.05, 0.1) is 22.5 Å². The molecule has 9 heteroatoms. The fourth-order valence-electron chi connectivity index (χ4n) is 2.80. The van der Waals surface area contributed by atoms with E-state index in [2.05, 4.69) is 20.4 Å². The summed E-state index contributed by atoms with van der Waals surface area (Å²) >= 11 is 0. The molecule has 0 saturated heterocycles. The first kappa shape index (κ1) is 19.3. The zero-order chi connectivity index (χ0) is 21.1. The van der Waals surface area contributed by atoms with Crippen LogP contribution in [-0.2, 0) is 6.18 Å². The Morgan fingerprint density at radius 2 is 1.70 bits per heavy atom. The van der Waals surface area contributed by atoms with Crippen LogP contribution >= 0.6 is 0 Å². The molecule has 0 aliphatic rings. The summed E-state index contributed by atoms with van der Waals surface area (Å²) in [7, 11) is 0. The minimum absolute atomic E-state index is 0.0364. The summed E-state index contributed by atoms with van der Waals surface area (Å²) < 4.78 is 40.8. The van der Waals surface area contributed by atoms with E-state index in [0.717, 1.165) is 17.7 Å². The molecular formula is C21H14F3N5O. The molecule has 0 unspecified atom stereocenters. The molecular weight excluding hydrogens is 395 g/mol. The van der Waals surface area contributed by atoms with Crippen LogP contribution in [0.15, 0.2) is 79.4 Å². The van der Waals surface area contributed by atoms with Crippen LogP contribution < -0.4 is 5.32 Å². The number of alkyl halides is 3. The van der Waals surface area contributed by atoms with Crippen molar-refractivity contribution in [1.82, 2.24) is 19.7 Å². The second-order valence-electron chi connectivity index (χ2n) is 6.30. The van der Waals surface area contributed by atoms with Gasteiger partial charge in [-0.05, 0) is 24.3 Å². The Morgan fingerprint density at radius 3 is 2.33 bits per heavy atom.